The van der Waals surface area contributed by atoms with Gasteiger partial charge in [-0.15, -0.1) is 0 Å². The third-order valence-corrected chi connectivity index (χ3v) is 6.92. The number of rotatable bonds is 10. The van der Waals surface area contributed by atoms with Crippen LogP contribution < -0.4 is 10.6 Å². The van der Waals surface area contributed by atoms with Gasteiger partial charge in [-0.1, -0.05) is 6.07 Å². The lowest BCUT2D eigenvalue weighted by atomic mass is 9.79. The van der Waals surface area contributed by atoms with Crippen LogP contribution in [0.25, 0.3) is 10.9 Å². The number of hydrogen-bond donors (Lipinski definition) is 3. The highest BCUT2D eigenvalue weighted by molar-refractivity contribution is 5.90. The number of nitrogens with one attached hydrogen (secondary N) is 2. The Kier molecular flexibility index (Phi) is 7.03. The number of carboxylic acids is 1. The minimum absolute atomic E-state index is 0.168. The Balaban J connectivity index is 1.06. The lowest BCUT2D eigenvalue weighted by Gasteiger charge is -2.35. The highest BCUT2D eigenvalue weighted by atomic mass is 19.1. The third-order valence-electron chi connectivity index (χ3n) is 6.92. The van der Waals surface area contributed by atoms with Gasteiger partial charge in [0.1, 0.15) is 29.8 Å². The second kappa shape index (κ2) is 10.5. The Labute approximate surface area is 203 Å². The van der Waals surface area contributed by atoms with E-state index in [1.165, 1.54) is 24.0 Å². The maximum absolute atomic E-state index is 13.7. The third kappa shape index (κ3) is 5.67. The molecule has 0 amide bonds. The summed E-state index contributed by atoms with van der Waals surface area (Å²) in [4.78, 5) is 24.8. The fraction of sp³-hybridized carbons (Fsp3) is 0.462. The van der Waals surface area contributed by atoms with Gasteiger partial charge < -0.3 is 20.5 Å². The molecule has 184 valence electrons. The number of halogens is 1. The van der Waals surface area contributed by atoms with Crippen molar-refractivity contribution in [1.82, 2.24) is 15.0 Å². The van der Waals surface area contributed by atoms with Crippen LogP contribution in [0.3, 0.4) is 0 Å². The molecule has 2 aliphatic rings. The van der Waals surface area contributed by atoms with Crippen LogP contribution >= 0.6 is 0 Å². The van der Waals surface area contributed by atoms with E-state index >= 15 is 0 Å². The predicted octanol–water partition coefficient (Wildman–Crippen LogP) is 4.21. The van der Waals surface area contributed by atoms with E-state index in [-0.39, 0.29) is 12.5 Å². The predicted molar refractivity (Wildman–Crippen MR) is 131 cm³/mol. The number of aryl methyl sites for hydroxylation is 2. The van der Waals surface area contributed by atoms with Crippen molar-refractivity contribution in [2.45, 2.75) is 57.1 Å². The Hall–Kier alpha value is -3.33. The summed E-state index contributed by atoms with van der Waals surface area (Å²) in [5.41, 5.74) is 2.99. The number of ether oxygens (including phenoxy) is 1. The van der Waals surface area contributed by atoms with E-state index in [9.17, 15) is 14.3 Å². The monoisotopic (exact) mass is 479 g/mol. The van der Waals surface area contributed by atoms with Crippen LogP contribution in [0.2, 0.25) is 0 Å². The van der Waals surface area contributed by atoms with Gasteiger partial charge in [-0.3, -0.25) is 0 Å². The quantitative estimate of drug-likeness (QED) is 0.397. The molecule has 0 radical (unpaired) electrons. The molecule has 0 spiro atoms. The number of benzene rings is 1. The molecule has 2 aromatic heterocycles. The van der Waals surface area contributed by atoms with Crippen molar-refractivity contribution in [1.29, 1.82) is 0 Å². The molecular weight excluding hydrogens is 449 g/mol. The van der Waals surface area contributed by atoms with Gasteiger partial charge in [-0.05, 0) is 74.3 Å². The van der Waals surface area contributed by atoms with Gasteiger partial charge in [0.05, 0.1) is 11.6 Å². The maximum Gasteiger partial charge on any atom is 0.326 e. The first kappa shape index (κ1) is 23.4. The number of aromatic nitrogens is 3. The summed E-state index contributed by atoms with van der Waals surface area (Å²) in [7, 11) is 0. The van der Waals surface area contributed by atoms with Crippen molar-refractivity contribution in [2.75, 3.05) is 23.8 Å². The van der Waals surface area contributed by atoms with Crippen molar-refractivity contribution in [3.8, 4) is 0 Å². The standard InChI is InChI=1S/C26H30FN5O3/c27-18-5-8-22-21(14-18)25(30-15-29-22)32-23(26(33)34)9-11-35-20-12-16(13-20)3-6-19-7-4-17-2-1-10-28-24(17)31-19/h4-5,7-8,14-16,20,23H,1-3,6,9-13H2,(H,28,31)(H,33,34)(H,29,30,32). The molecule has 1 fully saturated rings. The number of fused-ring (bicyclic) bond motifs is 2. The van der Waals surface area contributed by atoms with Gasteiger partial charge in [-0.2, -0.15) is 0 Å². The second-order valence-electron chi connectivity index (χ2n) is 9.42. The molecule has 1 aromatic carbocycles. The minimum atomic E-state index is -1.00. The van der Waals surface area contributed by atoms with Gasteiger partial charge in [0.2, 0.25) is 0 Å². The van der Waals surface area contributed by atoms with Crippen LogP contribution in [-0.2, 0) is 22.4 Å². The van der Waals surface area contributed by atoms with Crippen molar-refractivity contribution in [3.05, 3.63) is 53.7 Å². The van der Waals surface area contributed by atoms with Gasteiger partial charge in [0.15, 0.2) is 0 Å². The van der Waals surface area contributed by atoms with E-state index in [0.29, 0.717) is 29.2 Å². The van der Waals surface area contributed by atoms with E-state index in [4.69, 9.17) is 9.72 Å². The molecule has 3 aromatic rings. The number of carbonyl (C=O) groups is 1. The highest BCUT2D eigenvalue weighted by Gasteiger charge is 2.30. The van der Waals surface area contributed by atoms with E-state index in [1.54, 1.807) is 6.07 Å². The maximum atomic E-state index is 13.7. The average Bonchev–Trinajstić information content (AvgIpc) is 2.84. The fourth-order valence-corrected chi connectivity index (χ4v) is 4.83. The SMILES string of the molecule is O=C(O)C(CCOC1CC(CCc2ccc3c(n2)NCCC3)C1)Nc1ncnc2ccc(F)cc12. The minimum Gasteiger partial charge on any atom is -0.480 e. The van der Waals surface area contributed by atoms with Crippen LogP contribution in [0.4, 0.5) is 16.0 Å². The number of pyridine rings is 1. The highest BCUT2D eigenvalue weighted by Crippen LogP contribution is 2.34. The van der Waals surface area contributed by atoms with Crippen molar-refractivity contribution in [3.63, 3.8) is 0 Å². The Morgan fingerprint density at radius 3 is 3.00 bits per heavy atom. The number of anilines is 2. The zero-order valence-electron chi connectivity index (χ0n) is 19.5. The fourth-order valence-electron chi connectivity index (χ4n) is 4.83. The summed E-state index contributed by atoms with van der Waals surface area (Å²) in [6.45, 7) is 1.33. The Morgan fingerprint density at radius 1 is 1.26 bits per heavy atom. The first-order valence-electron chi connectivity index (χ1n) is 12.3. The number of nitrogens with zero attached hydrogens (tertiary/aromatic N) is 3. The van der Waals surface area contributed by atoms with Crippen LogP contribution in [-0.4, -0.2) is 51.3 Å². The summed E-state index contributed by atoms with van der Waals surface area (Å²) >= 11 is 0. The summed E-state index contributed by atoms with van der Waals surface area (Å²) in [6.07, 6.45) is 8.08. The van der Waals surface area contributed by atoms with Crippen molar-refractivity contribution in [2.24, 2.45) is 5.92 Å². The molecule has 0 saturated heterocycles. The van der Waals surface area contributed by atoms with Crippen molar-refractivity contribution >= 4 is 28.5 Å². The molecule has 5 rings (SSSR count). The molecule has 1 aliphatic carbocycles. The average molecular weight is 480 g/mol. The van der Waals surface area contributed by atoms with Crippen LogP contribution in [0, 0.1) is 11.7 Å². The smallest absolute Gasteiger partial charge is 0.326 e. The molecule has 1 unspecified atom stereocenters. The Morgan fingerprint density at radius 2 is 2.14 bits per heavy atom. The zero-order chi connectivity index (χ0) is 24.2. The molecule has 1 aliphatic heterocycles. The van der Waals surface area contributed by atoms with Crippen LogP contribution in [0.5, 0.6) is 0 Å². The molecule has 3 heterocycles. The summed E-state index contributed by atoms with van der Waals surface area (Å²) in [5, 5.41) is 16.4. The first-order valence-corrected chi connectivity index (χ1v) is 12.3. The van der Waals surface area contributed by atoms with Gasteiger partial charge >= 0.3 is 5.97 Å². The molecule has 8 nitrogen and oxygen atoms in total. The van der Waals surface area contributed by atoms with Crippen LogP contribution in [0.1, 0.15) is 43.4 Å². The van der Waals surface area contributed by atoms with Gasteiger partial charge in [0, 0.05) is 30.7 Å². The van der Waals surface area contributed by atoms with E-state index < -0.39 is 17.8 Å². The lowest BCUT2D eigenvalue weighted by Crippen LogP contribution is -2.35. The van der Waals surface area contributed by atoms with Crippen molar-refractivity contribution < 1.29 is 19.0 Å². The topological polar surface area (TPSA) is 109 Å². The van der Waals surface area contributed by atoms with Crippen LogP contribution in [0.15, 0.2) is 36.7 Å². The zero-order valence-corrected chi connectivity index (χ0v) is 19.5. The second-order valence-corrected chi connectivity index (χ2v) is 9.42. The molecule has 0 bridgehead atoms. The lowest BCUT2D eigenvalue weighted by molar-refractivity contribution is -0.138. The van der Waals surface area contributed by atoms with E-state index in [0.717, 1.165) is 56.6 Å². The first-order chi connectivity index (χ1) is 17.0. The largest absolute Gasteiger partial charge is 0.480 e. The molecule has 9 heteroatoms. The number of carboxylic acid groups (broad SMARTS) is 1. The summed E-state index contributed by atoms with van der Waals surface area (Å²) in [5.74, 6) is 0.530. The molecule has 35 heavy (non-hydrogen) atoms. The Bertz CT molecular complexity index is 1200. The van der Waals surface area contributed by atoms with E-state index in [1.807, 2.05) is 0 Å². The normalized spacial score (nSPS) is 19.9. The molecule has 1 saturated carbocycles. The summed E-state index contributed by atoms with van der Waals surface area (Å²) < 4.78 is 19.6. The number of hydrogen-bond acceptors (Lipinski definition) is 7. The number of aliphatic carboxylic acids is 1. The molecule has 1 atom stereocenters. The van der Waals surface area contributed by atoms with E-state index in [2.05, 4.69) is 32.7 Å². The van der Waals surface area contributed by atoms with Gasteiger partial charge in [0.25, 0.3) is 0 Å². The molecule has 3 N–H and O–H groups in total. The summed E-state index contributed by atoms with van der Waals surface area (Å²) in [6, 6.07) is 7.61. The van der Waals surface area contributed by atoms with Gasteiger partial charge in [-0.25, -0.2) is 24.1 Å². The molecular formula is C26H30FN5O3.